The van der Waals surface area contributed by atoms with Gasteiger partial charge in [-0.25, -0.2) is 0 Å². The van der Waals surface area contributed by atoms with E-state index in [0.717, 1.165) is 31.9 Å². The highest BCUT2D eigenvalue weighted by molar-refractivity contribution is 6.04. The summed E-state index contributed by atoms with van der Waals surface area (Å²) in [4.78, 5) is 4.78. The Labute approximate surface area is 92.1 Å². The van der Waals surface area contributed by atoms with Crippen molar-refractivity contribution in [1.82, 2.24) is 4.81 Å². The third kappa shape index (κ3) is 2.45. The van der Waals surface area contributed by atoms with E-state index in [1.165, 1.54) is 5.69 Å². The average Bonchev–Trinajstić information content (AvgIpc) is 2.30. The van der Waals surface area contributed by atoms with Gasteiger partial charge in [0.15, 0.2) is 7.98 Å². The predicted molar refractivity (Wildman–Crippen MR) is 65.3 cm³/mol. The summed E-state index contributed by atoms with van der Waals surface area (Å²) in [6.45, 7) is 4.52. The van der Waals surface area contributed by atoms with Crippen molar-refractivity contribution in [2.24, 2.45) is 0 Å². The van der Waals surface area contributed by atoms with Gasteiger partial charge in [-0.3, -0.25) is 0 Å². The van der Waals surface area contributed by atoms with Crippen molar-refractivity contribution in [2.75, 3.05) is 38.2 Å². The molecule has 0 bridgehead atoms. The summed E-state index contributed by atoms with van der Waals surface area (Å²) < 4.78 is 5.15. The summed E-state index contributed by atoms with van der Waals surface area (Å²) in [5.41, 5.74) is 1.30. The molecule has 0 atom stereocenters. The summed E-state index contributed by atoms with van der Waals surface area (Å²) in [6, 6.07) is 8.30. The third-order valence-electron chi connectivity index (χ3n) is 2.94. The highest BCUT2D eigenvalue weighted by atomic mass is 16.5. The van der Waals surface area contributed by atoms with Crippen LogP contribution in [0.3, 0.4) is 0 Å². The van der Waals surface area contributed by atoms with Gasteiger partial charge < -0.3 is 14.4 Å². The molecule has 0 unspecified atom stereocenters. The van der Waals surface area contributed by atoms with Gasteiger partial charge in [0.1, 0.15) is 5.75 Å². The molecule has 0 aliphatic carbocycles. The molecule has 1 fully saturated rings. The average molecular weight is 204 g/mol. The van der Waals surface area contributed by atoms with Crippen LogP contribution in [0.1, 0.15) is 0 Å². The van der Waals surface area contributed by atoms with Crippen molar-refractivity contribution in [3.05, 3.63) is 24.3 Å². The van der Waals surface area contributed by atoms with Gasteiger partial charge in [0.25, 0.3) is 0 Å². The number of ether oxygens (including phenoxy) is 1. The largest absolute Gasteiger partial charge is 0.497 e. The monoisotopic (exact) mass is 204 g/mol. The van der Waals surface area contributed by atoms with Crippen molar-refractivity contribution < 1.29 is 4.74 Å². The van der Waals surface area contributed by atoms with Gasteiger partial charge in [-0.2, -0.15) is 0 Å². The molecule has 80 valence electrons. The highest BCUT2D eigenvalue weighted by Gasteiger charge is 2.13. The van der Waals surface area contributed by atoms with Crippen LogP contribution in [0.15, 0.2) is 24.3 Å². The summed E-state index contributed by atoms with van der Waals surface area (Å²) in [7, 11) is 3.87. The van der Waals surface area contributed by atoms with E-state index >= 15 is 0 Å². The molecule has 1 heterocycles. The predicted octanol–water partition coefficient (Wildman–Crippen LogP) is 0.365. The first-order chi connectivity index (χ1) is 7.29. The molecule has 1 aromatic rings. The maximum atomic E-state index is 5.15. The van der Waals surface area contributed by atoms with E-state index in [1.54, 1.807) is 7.11 Å². The Kier molecular flexibility index (Phi) is 3.16. The second-order valence-corrected chi connectivity index (χ2v) is 3.99. The Morgan fingerprint density at radius 1 is 1.07 bits per heavy atom. The van der Waals surface area contributed by atoms with Crippen LogP contribution in [0.25, 0.3) is 0 Å². The van der Waals surface area contributed by atoms with Gasteiger partial charge in [-0.1, -0.05) is 0 Å². The minimum Gasteiger partial charge on any atom is -0.497 e. The SMILES string of the molecule is BN1CCN(c2ccc(OC)cc2)CC1. The lowest BCUT2D eigenvalue weighted by molar-refractivity contribution is 0.411. The molecule has 4 heteroatoms. The number of rotatable bonds is 2. The van der Waals surface area contributed by atoms with E-state index in [0.29, 0.717) is 0 Å². The molecule has 2 rings (SSSR count). The van der Waals surface area contributed by atoms with Crippen molar-refractivity contribution in [3.63, 3.8) is 0 Å². The lowest BCUT2D eigenvalue weighted by atomic mass is 10.2. The van der Waals surface area contributed by atoms with Gasteiger partial charge in [-0.15, -0.1) is 0 Å². The molecule has 15 heavy (non-hydrogen) atoms. The Hall–Kier alpha value is -1.16. The van der Waals surface area contributed by atoms with Gasteiger partial charge >= 0.3 is 0 Å². The summed E-state index contributed by atoms with van der Waals surface area (Å²) in [5.74, 6) is 0.924. The van der Waals surface area contributed by atoms with E-state index in [-0.39, 0.29) is 0 Å². The molecule has 1 aromatic carbocycles. The summed E-state index contributed by atoms with van der Waals surface area (Å²) in [5, 5.41) is 0. The quantitative estimate of drug-likeness (QED) is 0.647. The molecule has 3 nitrogen and oxygen atoms in total. The first-order valence-electron chi connectivity index (χ1n) is 5.37. The Bertz CT molecular complexity index is 307. The van der Waals surface area contributed by atoms with Crippen LogP contribution < -0.4 is 9.64 Å². The minimum absolute atomic E-state index is 0.924. The van der Waals surface area contributed by atoms with E-state index < -0.39 is 0 Å². The molecule has 0 aromatic heterocycles. The first-order valence-corrected chi connectivity index (χ1v) is 5.37. The van der Waals surface area contributed by atoms with Crippen molar-refractivity contribution in [1.29, 1.82) is 0 Å². The van der Waals surface area contributed by atoms with Crippen LogP contribution in [0, 0.1) is 0 Å². The number of benzene rings is 1. The zero-order valence-electron chi connectivity index (χ0n) is 9.44. The van der Waals surface area contributed by atoms with Crippen molar-refractivity contribution in [2.45, 2.75) is 0 Å². The molecule has 0 amide bonds. The van der Waals surface area contributed by atoms with Gasteiger partial charge in [0.05, 0.1) is 7.11 Å². The smallest absolute Gasteiger partial charge is 0.185 e. The maximum Gasteiger partial charge on any atom is 0.185 e. The van der Waals surface area contributed by atoms with Crippen LogP contribution in [-0.2, 0) is 0 Å². The first kappa shape index (κ1) is 10.4. The standard InChI is InChI=1S/C11H17BN2O/c1-15-11-4-2-10(3-5-11)13-6-8-14(12)9-7-13/h2-5H,6-9,12H2,1H3. The zero-order chi connectivity index (χ0) is 10.7. The molecule has 0 radical (unpaired) electrons. The molecule has 0 N–H and O–H groups in total. The third-order valence-corrected chi connectivity index (χ3v) is 2.94. The van der Waals surface area contributed by atoms with Gasteiger partial charge in [0, 0.05) is 31.9 Å². The van der Waals surface area contributed by atoms with Crippen LogP contribution in [-0.4, -0.2) is 46.1 Å². The van der Waals surface area contributed by atoms with Crippen LogP contribution in [0.4, 0.5) is 5.69 Å². The van der Waals surface area contributed by atoms with Crippen LogP contribution >= 0.6 is 0 Å². The van der Waals surface area contributed by atoms with Gasteiger partial charge in [-0.05, 0) is 24.3 Å². The summed E-state index contributed by atoms with van der Waals surface area (Å²) in [6.07, 6.45) is 0. The highest BCUT2D eigenvalue weighted by Crippen LogP contribution is 2.19. The topological polar surface area (TPSA) is 15.7 Å². The molecule has 0 spiro atoms. The zero-order valence-corrected chi connectivity index (χ0v) is 9.44. The fourth-order valence-corrected chi connectivity index (χ4v) is 1.86. The lowest BCUT2D eigenvalue weighted by Gasteiger charge is -2.34. The van der Waals surface area contributed by atoms with Crippen LogP contribution in [0.5, 0.6) is 5.75 Å². The summed E-state index contributed by atoms with van der Waals surface area (Å²) >= 11 is 0. The number of piperazine rings is 1. The Balaban J connectivity index is 2.03. The molecular weight excluding hydrogens is 187 g/mol. The minimum atomic E-state index is 0.924. The van der Waals surface area contributed by atoms with E-state index in [1.807, 2.05) is 12.1 Å². The molecule has 0 saturated carbocycles. The molecule has 1 aliphatic heterocycles. The van der Waals surface area contributed by atoms with E-state index in [2.05, 4.69) is 29.8 Å². The lowest BCUT2D eigenvalue weighted by Crippen LogP contribution is -2.45. The molecule has 1 saturated heterocycles. The fraction of sp³-hybridized carbons (Fsp3) is 0.455. The fourth-order valence-electron chi connectivity index (χ4n) is 1.86. The van der Waals surface area contributed by atoms with Crippen molar-refractivity contribution >= 4 is 13.7 Å². The molecular formula is C11H17BN2O. The Morgan fingerprint density at radius 3 is 2.20 bits per heavy atom. The second kappa shape index (κ2) is 4.58. The van der Waals surface area contributed by atoms with E-state index in [9.17, 15) is 0 Å². The Morgan fingerprint density at radius 2 is 1.67 bits per heavy atom. The normalized spacial score (nSPS) is 17.8. The number of anilines is 1. The second-order valence-electron chi connectivity index (χ2n) is 3.99. The van der Waals surface area contributed by atoms with Crippen LogP contribution in [0.2, 0.25) is 0 Å². The van der Waals surface area contributed by atoms with E-state index in [4.69, 9.17) is 4.74 Å². The number of methoxy groups -OCH3 is 1. The number of nitrogens with zero attached hydrogens (tertiary/aromatic N) is 2. The van der Waals surface area contributed by atoms with Crippen molar-refractivity contribution in [3.8, 4) is 5.75 Å². The van der Waals surface area contributed by atoms with Gasteiger partial charge in [0.2, 0.25) is 0 Å². The molecule has 1 aliphatic rings. The number of hydrogen-bond acceptors (Lipinski definition) is 3. The number of hydrogen-bond donors (Lipinski definition) is 0. The maximum absolute atomic E-state index is 5.15.